The van der Waals surface area contributed by atoms with Gasteiger partial charge in [-0.25, -0.2) is 0 Å². The standard InChI is InChI=1S/C31H40N2O6/c1-9-31(6,7)30(37)33-17-24-15-22(11-13-27(35)38-8)10-12-23(24)16-26(33)29(36)32-25-14-18(2)28(39-21(5)34)20(4)19(25)3/h10,12,14-15,26H,9,11,13,16-17H2,1-8H3,(H,32,36)/t26-/m0/s1. The molecule has 0 fully saturated rings. The predicted octanol–water partition coefficient (Wildman–Crippen LogP) is 4.97. The van der Waals surface area contributed by atoms with Gasteiger partial charge in [-0.1, -0.05) is 39.0 Å². The summed E-state index contributed by atoms with van der Waals surface area (Å²) >= 11 is 0. The summed E-state index contributed by atoms with van der Waals surface area (Å²) in [5, 5.41) is 3.05. The molecule has 1 N–H and O–H groups in total. The SMILES string of the molecule is CCC(C)(C)C(=O)N1Cc2cc(CCC(=O)OC)ccc2C[C@H]1C(=O)Nc1cc(C)c(OC(C)=O)c(C)c1C. The molecule has 8 heteroatoms. The second-order valence-electron chi connectivity index (χ2n) is 11.0. The Hall–Kier alpha value is -3.68. The maximum Gasteiger partial charge on any atom is 0.308 e. The molecule has 0 unspecified atom stereocenters. The van der Waals surface area contributed by atoms with Crippen molar-refractivity contribution in [1.29, 1.82) is 0 Å². The van der Waals surface area contributed by atoms with Gasteiger partial charge in [-0.2, -0.15) is 0 Å². The van der Waals surface area contributed by atoms with Crippen LogP contribution in [0.15, 0.2) is 24.3 Å². The van der Waals surface area contributed by atoms with E-state index in [0.717, 1.165) is 33.4 Å². The first-order chi connectivity index (χ1) is 18.3. The van der Waals surface area contributed by atoms with Crippen LogP contribution in [0.2, 0.25) is 0 Å². The zero-order valence-corrected chi connectivity index (χ0v) is 24.3. The molecule has 1 heterocycles. The third-order valence-corrected chi connectivity index (χ3v) is 7.80. The number of aryl methyl sites for hydroxylation is 2. The van der Waals surface area contributed by atoms with Crippen LogP contribution in [-0.2, 0) is 43.3 Å². The lowest BCUT2D eigenvalue weighted by atomic mass is 9.84. The fourth-order valence-electron chi connectivity index (χ4n) is 4.83. The number of fused-ring (bicyclic) bond motifs is 1. The van der Waals surface area contributed by atoms with Crippen LogP contribution in [0.5, 0.6) is 5.75 Å². The highest BCUT2D eigenvalue weighted by Gasteiger charge is 2.40. The normalized spacial score (nSPS) is 14.9. The Bertz CT molecular complexity index is 1300. The number of hydrogen-bond acceptors (Lipinski definition) is 6. The van der Waals surface area contributed by atoms with E-state index in [4.69, 9.17) is 9.47 Å². The van der Waals surface area contributed by atoms with E-state index in [9.17, 15) is 19.2 Å². The molecule has 2 aromatic carbocycles. The van der Waals surface area contributed by atoms with Gasteiger partial charge in [-0.3, -0.25) is 19.2 Å². The number of benzene rings is 2. The van der Waals surface area contributed by atoms with Crippen molar-refractivity contribution in [2.75, 3.05) is 12.4 Å². The Morgan fingerprint density at radius 1 is 1.05 bits per heavy atom. The molecule has 8 nitrogen and oxygen atoms in total. The van der Waals surface area contributed by atoms with Gasteiger partial charge in [-0.15, -0.1) is 0 Å². The van der Waals surface area contributed by atoms with E-state index in [2.05, 4.69) is 5.32 Å². The molecule has 210 valence electrons. The van der Waals surface area contributed by atoms with E-state index < -0.39 is 17.4 Å². The summed E-state index contributed by atoms with van der Waals surface area (Å²) in [7, 11) is 1.37. The van der Waals surface area contributed by atoms with Crippen molar-refractivity contribution in [2.24, 2.45) is 5.41 Å². The summed E-state index contributed by atoms with van der Waals surface area (Å²) in [6, 6.07) is 7.09. The van der Waals surface area contributed by atoms with Crippen LogP contribution in [-0.4, -0.2) is 41.8 Å². The van der Waals surface area contributed by atoms with Crippen molar-refractivity contribution in [2.45, 2.75) is 86.7 Å². The Balaban J connectivity index is 1.94. The van der Waals surface area contributed by atoms with Crippen molar-refractivity contribution in [3.05, 3.63) is 57.6 Å². The van der Waals surface area contributed by atoms with Crippen LogP contribution in [0.1, 0.15) is 73.9 Å². The highest BCUT2D eigenvalue weighted by molar-refractivity contribution is 5.99. The lowest BCUT2D eigenvalue weighted by Crippen LogP contribution is -2.54. The smallest absolute Gasteiger partial charge is 0.308 e. The number of esters is 2. The second-order valence-corrected chi connectivity index (χ2v) is 11.0. The summed E-state index contributed by atoms with van der Waals surface area (Å²) in [4.78, 5) is 52.4. The molecule has 0 aromatic heterocycles. The summed E-state index contributed by atoms with van der Waals surface area (Å²) in [6.07, 6.45) is 1.84. The quantitative estimate of drug-likeness (QED) is 0.378. The molecule has 3 rings (SSSR count). The minimum Gasteiger partial charge on any atom is -0.469 e. The van der Waals surface area contributed by atoms with E-state index in [1.54, 1.807) is 11.0 Å². The average Bonchev–Trinajstić information content (AvgIpc) is 2.90. The number of ether oxygens (including phenoxy) is 2. The van der Waals surface area contributed by atoms with Gasteiger partial charge in [0, 0.05) is 37.4 Å². The molecule has 2 amide bonds. The van der Waals surface area contributed by atoms with Gasteiger partial charge in [0.1, 0.15) is 11.8 Å². The fraction of sp³-hybridized carbons (Fsp3) is 0.484. The van der Waals surface area contributed by atoms with Crippen molar-refractivity contribution < 1.29 is 28.7 Å². The van der Waals surface area contributed by atoms with Gasteiger partial charge in [0.25, 0.3) is 0 Å². The number of methoxy groups -OCH3 is 1. The van der Waals surface area contributed by atoms with Gasteiger partial charge in [0.2, 0.25) is 11.8 Å². The highest BCUT2D eigenvalue weighted by atomic mass is 16.5. The van der Waals surface area contributed by atoms with Crippen molar-refractivity contribution in [3.8, 4) is 5.75 Å². The summed E-state index contributed by atoms with van der Waals surface area (Å²) < 4.78 is 10.1. The molecular weight excluding hydrogens is 496 g/mol. The van der Waals surface area contributed by atoms with Crippen molar-refractivity contribution in [1.82, 2.24) is 4.90 Å². The monoisotopic (exact) mass is 536 g/mol. The first-order valence-corrected chi connectivity index (χ1v) is 13.4. The van der Waals surface area contributed by atoms with E-state index in [1.165, 1.54) is 14.0 Å². The summed E-state index contributed by atoms with van der Waals surface area (Å²) in [5.74, 6) is -0.524. The molecule has 2 aromatic rings. The minimum atomic E-state index is -0.690. The van der Waals surface area contributed by atoms with Crippen LogP contribution in [0.25, 0.3) is 0 Å². The molecule has 0 aliphatic carbocycles. The van der Waals surface area contributed by atoms with Crippen molar-refractivity contribution in [3.63, 3.8) is 0 Å². The largest absolute Gasteiger partial charge is 0.469 e. The molecule has 0 saturated carbocycles. The highest BCUT2D eigenvalue weighted by Crippen LogP contribution is 2.34. The van der Waals surface area contributed by atoms with Crippen molar-refractivity contribution >= 4 is 29.4 Å². The lowest BCUT2D eigenvalue weighted by Gasteiger charge is -2.40. The summed E-state index contributed by atoms with van der Waals surface area (Å²) in [5.41, 5.74) is 5.26. The number of amides is 2. The van der Waals surface area contributed by atoms with E-state index in [0.29, 0.717) is 37.2 Å². The van der Waals surface area contributed by atoms with E-state index >= 15 is 0 Å². The maximum absolute atomic E-state index is 13.8. The molecular formula is C31H40N2O6. The number of carbonyl (C=O) groups excluding carboxylic acids is 4. The average molecular weight is 537 g/mol. The number of nitrogens with zero attached hydrogens (tertiary/aromatic N) is 1. The van der Waals surface area contributed by atoms with Crippen LogP contribution in [0.4, 0.5) is 5.69 Å². The van der Waals surface area contributed by atoms with Gasteiger partial charge < -0.3 is 19.7 Å². The number of anilines is 1. The molecule has 0 spiro atoms. The first kappa shape index (κ1) is 29.9. The number of carbonyl (C=O) groups is 4. The van der Waals surface area contributed by atoms with E-state index in [1.807, 2.05) is 59.7 Å². The lowest BCUT2D eigenvalue weighted by molar-refractivity contribution is -0.147. The Morgan fingerprint density at radius 2 is 1.74 bits per heavy atom. The maximum atomic E-state index is 13.8. The molecule has 0 saturated heterocycles. The number of nitrogens with one attached hydrogen (secondary N) is 1. The zero-order chi connectivity index (χ0) is 29.1. The molecule has 0 bridgehead atoms. The molecule has 1 aliphatic rings. The topological polar surface area (TPSA) is 102 Å². The molecule has 1 atom stereocenters. The Kier molecular flexibility index (Phi) is 9.20. The zero-order valence-electron chi connectivity index (χ0n) is 24.3. The number of hydrogen-bond donors (Lipinski definition) is 1. The molecule has 39 heavy (non-hydrogen) atoms. The van der Waals surface area contributed by atoms with Crippen LogP contribution in [0, 0.1) is 26.2 Å². The first-order valence-electron chi connectivity index (χ1n) is 13.4. The van der Waals surface area contributed by atoms with E-state index in [-0.39, 0.29) is 24.2 Å². The van der Waals surface area contributed by atoms with Gasteiger partial charge in [0.15, 0.2) is 0 Å². The Labute approximate surface area is 231 Å². The van der Waals surface area contributed by atoms with Gasteiger partial charge in [0.05, 0.1) is 7.11 Å². The van der Waals surface area contributed by atoms with Crippen LogP contribution in [0.3, 0.4) is 0 Å². The molecule has 0 radical (unpaired) electrons. The summed E-state index contributed by atoms with van der Waals surface area (Å²) in [6.45, 7) is 13.0. The van der Waals surface area contributed by atoms with Crippen LogP contribution < -0.4 is 10.1 Å². The molecule has 1 aliphatic heterocycles. The minimum absolute atomic E-state index is 0.0787. The number of rotatable bonds is 8. The fourth-order valence-corrected chi connectivity index (χ4v) is 4.83. The third-order valence-electron chi connectivity index (χ3n) is 7.80. The van der Waals surface area contributed by atoms with Gasteiger partial charge >= 0.3 is 11.9 Å². The van der Waals surface area contributed by atoms with Crippen LogP contribution >= 0.6 is 0 Å². The second kappa shape index (κ2) is 12.0. The Morgan fingerprint density at radius 3 is 2.36 bits per heavy atom. The third kappa shape index (κ3) is 6.67. The van der Waals surface area contributed by atoms with Gasteiger partial charge in [-0.05, 0) is 73.1 Å². The predicted molar refractivity (Wildman–Crippen MR) is 149 cm³/mol.